The minimum Gasteiger partial charge on any atom is -0.364 e. The van der Waals surface area contributed by atoms with E-state index in [1.807, 2.05) is 0 Å². The fourth-order valence-corrected chi connectivity index (χ4v) is 2.27. The summed E-state index contributed by atoms with van der Waals surface area (Å²) in [4.78, 5) is 0. The molecule has 1 N–H and O–H groups in total. The minimum atomic E-state index is 0.639. The average molecular weight is 202 g/mol. The van der Waals surface area contributed by atoms with Gasteiger partial charge in [0.1, 0.15) is 11.8 Å². The summed E-state index contributed by atoms with van der Waals surface area (Å²) in [5.41, 5.74) is 2.35. The molecule has 3 rings (SSSR count). The summed E-state index contributed by atoms with van der Waals surface area (Å²) in [6, 6.07) is 6.43. The van der Waals surface area contributed by atoms with Crippen LogP contribution in [-0.2, 0) is 0 Å². The number of benzene rings is 1. The summed E-state index contributed by atoms with van der Waals surface area (Å²) in [5.74, 6) is 0.639. The van der Waals surface area contributed by atoms with E-state index in [2.05, 4.69) is 28.7 Å². The molecule has 0 bridgehead atoms. The number of nitrogens with zero attached hydrogens (tertiary/aromatic N) is 1. The van der Waals surface area contributed by atoms with E-state index >= 15 is 0 Å². The number of aromatic nitrogens is 1. The first-order valence-corrected chi connectivity index (χ1v) is 5.48. The average Bonchev–Trinajstić information content (AvgIpc) is 2.77. The van der Waals surface area contributed by atoms with Crippen molar-refractivity contribution in [1.29, 1.82) is 0 Å². The normalized spacial score (nSPS) is 22.0. The van der Waals surface area contributed by atoms with Crippen LogP contribution in [0, 0.1) is 0 Å². The SMILES string of the molecule is c1cc2conc2cc1C1CCCNC1. The van der Waals surface area contributed by atoms with Gasteiger partial charge < -0.3 is 9.84 Å². The van der Waals surface area contributed by atoms with Gasteiger partial charge in [-0.1, -0.05) is 11.2 Å². The summed E-state index contributed by atoms with van der Waals surface area (Å²) in [5, 5.41) is 8.50. The third kappa shape index (κ3) is 1.63. The third-order valence-corrected chi connectivity index (χ3v) is 3.15. The first kappa shape index (κ1) is 8.92. The van der Waals surface area contributed by atoms with Crippen molar-refractivity contribution in [2.45, 2.75) is 18.8 Å². The highest BCUT2D eigenvalue weighted by molar-refractivity contribution is 5.77. The molecule has 0 aliphatic carbocycles. The zero-order chi connectivity index (χ0) is 10.1. The van der Waals surface area contributed by atoms with E-state index in [0.717, 1.165) is 24.0 Å². The number of fused-ring (bicyclic) bond motifs is 1. The maximum atomic E-state index is 4.94. The Balaban J connectivity index is 1.95. The number of nitrogens with one attached hydrogen (secondary N) is 1. The van der Waals surface area contributed by atoms with Crippen LogP contribution in [0.2, 0.25) is 0 Å². The molecule has 2 aromatic rings. The maximum Gasteiger partial charge on any atom is 0.131 e. The van der Waals surface area contributed by atoms with Gasteiger partial charge in [0.15, 0.2) is 0 Å². The van der Waals surface area contributed by atoms with Crippen LogP contribution in [0.3, 0.4) is 0 Å². The molecule has 3 nitrogen and oxygen atoms in total. The minimum absolute atomic E-state index is 0.639. The summed E-state index contributed by atoms with van der Waals surface area (Å²) in [7, 11) is 0. The highest BCUT2D eigenvalue weighted by Gasteiger charge is 2.15. The molecular formula is C12H14N2O. The molecule has 1 unspecified atom stereocenters. The van der Waals surface area contributed by atoms with Crippen LogP contribution in [0.1, 0.15) is 24.3 Å². The van der Waals surface area contributed by atoms with Gasteiger partial charge in [-0.15, -0.1) is 0 Å². The Morgan fingerprint density at radius 3 is 3.27 bits per heavy atom. The number of rotatable bonds is 1. The summed E-state index contributed by atoms with van der Waals surface area (Å²) in [6.07, 6.45) is 4.23. The van der Waals surface area contributed by atoms with Gasteiger partial charge in [-0.05, 0) is 43.0 Å². The Hall–Kier alpha value is -1.35. The van der Waals surface area contributed by atoms with Gasteiger partial charge in [0.25, 0.3) is 0 Å². The molecule has 1 aromatic heterocycles. The van der Waals surface area contributed by atoms with E-state index in [4.69, 9.17) is 4.52 Å². The lowest BCUT2D eigenvalue weighted by Crippen LogP contribution is -2.28. The molecule has 0 spiro atoms. The largest absolute Gasteiger partial charge is 0.364 e. The summed E-state index contributed by atoms with van der Waals surface area (Å²) < 4.78 is 4.94. The maximum absolute atomic E-state index is 4.94. The molecule has 1 atom stereocenters. The molecule has 0 radical (unpaired) electrons. The Morgan fingerprint density at radius 1 is 1.40 bits per heavy atom. The Kier molecular flexibility index (Phi) is 2.18. The zero-order valence-corrected chi connectivity index (χ0v) is 8.57. The highest BCUT2D eigenvalue weighted by atomic mass is 16.5. The summed E-state index contributed by atoms with van der Waals surface area (Å²) >= 11 is 0. The van der Waals surface area contributed by atoms with Crippen LogP contribution in [0.25, 0.3) is 10.9 Å². The molecule has 78 valence electrons. The van der Waals surface area contributed by atoms with Crippen molar-refractivity contribution < 1.29 is 4.52 Å². The third-order valence-electron chi connectivity index (χ3n) is 3.15. The standard InChI is InChI=1S/C12H14N2O/c1-2-10(7-13-5-1)9-3-4-11-8-15-14-12(11)6-9/h3-4,6,8,10,13H,1-2,5,7H2. The number of hydrogen-bond donors (Lipinski definition) is 1. The van der Waals surface area contributed by atoms with Gasteiger partial charge in [0.2, 0.25) is 0 Å². The quantitative estimate of drug-likeness (QED) is 0.771. The number of hydrogen-bond acceptors (Lipinski definition) is 3. The number of piperidine rings is 1. The van der Waals surface area contributed by atoms with E-state index in [-0.39, 0.29) is 0 Å². The first-order valence-electron chi connectivity index (χ1n) is 5.48. The smallest absolute Gasteiger partial charge is 0.131 e. The molecule has 1 aliphatic rings. The van der Waals surface area contributed by atoms with Crippen molar-refractivity contribution >= 4 is 10.9 Å². The van der Waals surface area contributed by atoms with Crippen molar-refractivity contribution in [3.05, 3.63) is 30.0 Å². The lowest BCUT2D eigenvalue weighted by atomic mass is 9.91. The lowest BCUT2D eigenvalue weighted by molar-refractivity contribution is 0.428. The van der Waals surface area contributed by atoms with Crippen molar-refractivity contribution in [2.24, 2.45) is 0 Å². The highest BCUT2D eigenvalue weighted by Crippen LogP contribution is 2.25. The van der Waals surface area contributed by atoms with Crippen molar-refractivity contribution in [3.63, 3.8) is 0 Å². The Bertz CT molecular complexity index is 457. The molecule has 1 aliphatic heterocycles. The molecule has 15 heavy (non-hydrogen) atoms. The van der Waals surface area contributed by atoms with Crippen LogP contribution in [0.4, 0.5) is 0 Å². The van der Waals surface area contributed by atoms with E-state index in [0.29, 0.717) is 5.92 Å². The fraction of sp³-hybridized carbons (Fsp3) is 0.417. The van der Waals surface area contributed by atoms with Gasteiger partial charge in [0.05, 0.1) is 0 Å². The van der Waals surface area contributed by atoms with Gasteiger partial charge in [-0.3, -0.25) is 0 Å². The second-order valence-electron chi connectivity index (χ2n) is 4.18. The second kappa shape index (κ2) is 3.66. The molecule has 1 saturated heterocycles. The van der Waals surface area contributed by atoms with Crippen molar-refractivity contribution in [3.8, 4) is 0 Å². The van der Waals surface area contributed by atoms with Crippen LogP contribution in [0.15, 0.2) is 29.0 Å². The van der Waals surface area contributed by atoms with Gasteiger partial charge in [0, 0.05) is 11.9 Å². The molecule has 1 fully saturated rings. The van der Waals surface area contributed by atoms with E-state index in [1.54, 1.807) is 6.26 Å². The monoisotopic (exact) mass is 202 g/mol. The molecular weight excluding hydrogens is 188 g/mol. The topological polar surface area (TPSA) is 38.1 Å². The van der Waals surface area contributed by atoms with Crippen LogP contribution in [-0.4, -0.2) is 18.2 Å². The van der Waals surface area contributed by atoms with Crippen molar-refractivity contribution in [2.75, 3.05) is 13.1 Å². The van der Waals surface area contributed by atoms with Crippen LogP contribution < -0.4 is 5.32 Å². The first-order chi connectivity index (χ1) is 7.43. The van der Waals surface area contributed by atoms with Crippen LogP contribution in [0.5, 0.6) is 0 Å². The zero-order valence-electron chi connectivity index (χ0n) is 8.57. The van der Waals surface area contributed by atoms with E-state index in [9.17, 15) is 0 Å². The molecule has 2 heterocycles. The lowest BCUT2D eigenvalue weighted by Gasteiger charge is -2.22. The van der Waals surface area contributed by atoms with Gasteiger partial charge in [-0.25, -0.2) is 0 Å². The van der Waals surface area contributed by atoms with E-state index < -0.39 is 0 Å². The second-order valence-corrected chi connectivity index (χ2v) is 4.18. The molecule has 3 heteroatoms. The van der Waals surface area contributed by atoms with Gasteiger partial charge >= 0.3 is 0 Å². The van der Waals surface area contributed by atoms with Gasteiger partial charge in [-0.2, -0.15) is 0 Å². The molecule has 0 amide bonds. The molecule has 1 aromatic carbocycles. The molecule has 0 saturated carbocycles. The van der Waals surface area contributed by atoms with Crippen LogP contribution >= 0.6 is 0 Å². The fourth-order valence-electron chi connectivity index (χ4n) is 2.27. The Labute approximate surface area is 88.4 Å². The summed E-state index contributed by atoms with van der Waals surface area (Å²) in [6.45, 7) is 2.24. The van der Waals surface area contributed by atoms with E-state index in [1.165, 1.54) is 18.4 Å². The Morgan fingerprint density at radius 2 is 2.40 bits per heavy atom. The van der Waals surface area contributed by atoms with Crippen molar-refractivity contribution in [1.82, 2.24) is 10.5 Å². The predicted molar refractivity (Wildman–Crippen MR) is 58.9 cm³/mol. The predicted octanol–water partition coefficient (Wildman–Crippen LogP) is 2.29.